The number of hydrogen-bond acceptors (Lipinski definition) is 2. The average molecular weight is 239 g/mol. The molecule has 0 radical (unpaired) electrons. The van der Waals surface area contributed by atoms with Crippen molar-refractivity contribution < 1.29 is 0 Å². The summed E-state index contributed by atoms with van der Waals surface area (Å²) in [5, 5.41) is 0. The molecule has 2 heterocycles. The zero-order valence-corrected chi connectivity index (χ0v) is 10.6. The molecule has 88 valence electrons. The fourth-order valence-corrected chi connectivity index (χ4v) is 2.75. The second-order valence-corrected chi connectivity index (χ2v) is 4.66. The molecule has 1 aliphatic rings. The highest BCUT2D eigenvalue weighted by Crippen LogP contribution is 2.29. The van der Waals surface area contributed by atoms with Crippen LogP contribution in [0.5, 0.6) is 0 Å². The number of hydrogen-bond donors (Lipinski definition) is 0. The van der Waals surface area contributed by atoms with Gasteiger partial charge in [-0.3, -0.25) is 4.98 Å². The molecular formula is C13H19ClN2. The summed E-state index contributed by atoms with van der Waals surface area (Å²) in [5.41, 5.74) is 2.45. The van der Waals surface area contributed by atoms with Crippen molar-refractivity contribution in [1.82, 2.24) is 4.98 Å². The number of pyridine rings is 1. The molecule has 0 bridgehead atoms. The van der Waals surface area contributed by atoms with Crippen molar-refractivity contribution in [2.24, 2.45) is 0 Å². The van der Waals surface area contributed by atoms with Gasteiger partial charge in [0.15, 0.2) is 0 Å². The number of alkyl halides is 1. The van der Waals surface area contributed by atoms with Crippen LogP contribution in [0, 0.1) is 0 Å². The van der Waals surface area contributed by atoms with Gasteiger partial charge in [0.1, 0.15) is 0 Å². The highest BCUT2D eigenvalue weighted by Gasteiger charge is 2.22. The normalized spacial score (nSPS) is 21.1. The lowest BCUT2D eigenvalue weighted by Crippen LogP contribution is -2.39. The molecule has 1 atom stereocenters. The van der Waals surface area contributed by atoms with Crippen LogP contribution in [0.4, 0.5) is 5.69 Å². The van der Waals surface area contributed by atoms with Gasteiger partial charge >= 0.3 is 0 Å². The Kier molecular flexibility index (Phi) is 4.05. The van der Waals surface area contributed by atoms with E-state index in [9.17, 15) is 0 Å². The summed E-state index contributed by atoms with van der Waals surface area (Å²) in [5.74, 6) is 0.574. The number of halogens is 1. The van der Waals surface area contributed by atoms with Gasteiger partial charge in [-0.15, -0.1) is 11.6 Å². The van der Waals surface area contributed by atoms with Crippen LogP contribution in [0.15, 0.2) is 18.5 Å². The van der Waals surface area contributed by atoms with E-state index in [-0.39, 0.29) is 0 Å². The van der Waals surface area contributed by atoms with E-state index in [1.54, 1.807) is 0 Å². The molecule has 1 unspecified atom stereocenters. The molecule has 0 amide bonds. The minimum absolute atomic E-state index is 0.574. The fraction of sp³-hybridized carbons (Fsp3) is 0.615. The Morgan fingerprint density at radius 1 is 1.50 bits per heavy atom. The van der Waals surface area contributed by atoms with Gasteiger partial charge in [-0.25, -0.2) is 0 Å². The monoisotopic (exact) mass is 238 g/mol. The van der Waals surface area contributed by atoms with E-state index >= 15 is 0 Å². The van der Waals surface area contributed by atoms with Gasteiger partial charge in [0, 0.05) is 24.7 Å². The number of nitrogens with zero attached hydrogens (tertiary/aromatic N) is 2. The molecule has 1 aromatic heterocycles. The summed E-state index contributed by atoms with van der Waals surface area (Å²) < 4.78 is 0. The third kappa shape index (κ3) is 2.32. The molecule has 1 aliphatic heterocycles. The van der Waals surface area contributed by atoms with Crippen LogP contribution in [-0.2, 0) is 5.88 Å². The van der Waals surface area contributed by atoms with Crippen LogP contribution in [0.25, 0.3) is 0 Å². The van der Waals surface area contributed by atoms with Crippen LogP contribution in [0.1, 0.15) is 38.2 Å². The molecular weight excluding hydrogens is 220 g/mol. The van der Waals surface area contributed by atoms with E-state index in [0.717, 1.165) is 6.54 Å². The fourth-order valence-electron chi connectivity index (χ4n) is 2.53. The van der Waals surface area contributed by atoms with E-state index in [4.69, 9.17) is 11.6 Å². The molecule has 3 heteroatoms. The minimum atomic E-state index is 0.574. The van der Waals surface area contributed by atoms with Crippen molar-refractivity contribution in [1.29, 1.82) is 0 Å². The van der Waals surface area contributed by atoms with Gasteiger partial charge in [-0.1, -0.05) is 6.92 Å². The second-order valence-electron chi connectivity index (χ2n) is 4.39. The van der Waals surface area contributed by atoms with Crippen molar-refractivity contribution in [3.05, 3.63) is 24.0 Å². The summed E-state index contributed by atoms with van der Waals surface area (Å²) >= 11 is 5.99. The Labute approximate surface area is 103 Å². The Hall–Kier alpha value is -0.760. The summed E-state index contributed by atoms with van der Waals surface area (Å²) in [6, 6.07) is 2.70. The van der Waals surface area contributed by atoms with Crippen molar-refractivity contribution in [3.8, 4) is 0 Å². The highest BCUT2D eigenvalue weighted by atomic mass is 35.5. The molecule has 1 fully saturated rings. The number of piperidine rings is 1. The van der Waals surface area contributed by atoms with E-state index in [0.29, 0.717) is 11.9 Å². The predicted octanol–water partition coefficient (Wildman–Crippen LogP) is 3.59. The Morgan fingerprint density at radius 3 is 3.12 bits per heavy atom. The number of aromatic nitrogens is 1. The molecule has 0 aliphatic carbocycles. The first-order chi connectivity index (χ1) is 7.86. The van der Waals surface area contributed by atoms with E-state index in [1.165, 1.54) is 36.9 Å². The topological polar surface area (TPSA) is 16.1 Å². The van der Waals surface area contributed by atoms with Crippen LogP contribution in [-0.4, -0.2) is 17.6 Å². The predicted molar refractivity (Wildman–Crippen MR) is 69.1 cm³/mol. The Morgan fingerprint density at radius 2 is 2.38 bits per heavy atom. The summed E-state index contributed by atoms with van der Waals surface area (Å²) in [4.78, 5) is 6.73. The standard InChI is InChI=1S/C13H19ClN2/c1-2-12-5-3-4-8-16(12)13-10-15-7-6-11(13)9-14/h6-7,10,12H,2-5,8-9H2,1H3. The van der Waals surface area contributed by atoms with Gasteiger partial charge in [0.25, 0.3) is 0 Å². The maximum Gasteiger partial charge on any atom is 0.0600 e. The molecule has 0 aromatic carbocycles. The largest absolute Gasteiger partial charge is 0.367 e. The number of rotatable bonds is 3. The van der Waals surface area contributed by atoms with E-state index < -0.39 is 0 Å². The van der Waals surface area contributed by atoms with Crippen LogP contribution in [0.2, 0.25) is 0 Å². The molecule has 16 heavy (non-hydrogen) atoms. The molecule has 0 N–H and O–H groups in total. The lowest BCUT2D eigenvalue weighted by atomic mass is 9.99. The quantitative estimate of drug-likeness (QED) is 0.749. The van der Waals surface area contributed by atoms with Gasteiger partial charge in [-0.2, -0.15) is 0 Å². The van der Waals surface area contributed by atoms with Gasteiger partial charge in [-0.05, 0) is 37.3 Å². The first kappa shape index (κ1) is 11.7. The van der Waals surface area contributed by atoms with Crippen molar-refractivity contribution >= 4 is 17.3 Å². The van der Waals surface area contributed by atoms with Gasteiger partial charge in [0.2, 0.25) is 0 Å². The van der Waals surface area contributed by atoms with Crippen molar-refractivity contribution in [2.75, 3.05) is 11.4 Å². The summed E-state index contributed by atoms with van der Waals surface area (Å²) in [6.07, 6.45) is 8.93. The first-order valence-corrected chi connectivity index (χ1v) is 6.65. The Balaban J connectivity index is 2.26. The summed E-state index contributed by atoms with van der Waals surface area (Å²) in [7, 11) is 0. The lowest BCUT2D eigenvalue weighted by molar-refractivity contribution is 0.449. The van der Waals surface area contributed by atoms with Gasteiger partial charge < -0.3 is 4.90 Å². The second kappa shape index (κ2) is 5.53. The smallest absolute Gasteiger partial charge is 0.0600 e. The molecule has 1 aromatic rings. The maximum absolute atomic E-state index is 5.99. The highest BCUT2D eigenvalue weighted by molar-refractivity contribution is 6.17. The summed E-state index contributed by atoms with van der Waals surface area (Å²) in [6.45, 7) is 3.41. The maximum atomic E-state index is 5.99. The molecule has 2 nitrogen and oxygen atoms in total. The minimum Gasteiger partial charge on any atom is -0.367 e. The zero-order valence-electron chi connectivity index (χ0n) is 9.82. The van der Waals surface area contributed by atoms with Gasteiger partial charge in [0.05, 0.1) is 11.9 Å². The van der Waals surface area contributed by atoms with Crippen LogP contribution in [0.3, 0.4) is 0 Å². The zero-order chi connectivity index (χ0) is 11.4. The SMILES string of the molecule is CCC1CCCCN1c1cnccc1CCl. The van der Waals surface area contributed by atoms with Crippen molar-refractivity contribution in [2.45, 2.75) is 44.5 Å². The van der Waals surface area contributed by atoms with E-state index in [2.05, 4.69) is 16.8 Å². The Bertz CT molecular complexity index is 340. The van der Waals surface area contributed by atoms with E-state index in [1.807, 2.05) is 18.5 Å². The lowest BCUT2D eigenvalue weighted by Gasteiger charge is -2.37. The average Bonchev–Trinajstić information content (AvgIpc) is 2.38. The van der Waals surface area contributed by atoms with Crippen LogP contribution < -0.4 is 4.90 Å². The molecule has 0 saturated carbocycles. The van der Waals surface area contributed by atoms with Crippen molar-refractivity contribution in [3.63, 3.8) is 0 Å². The third-order valence-corrected chi connectivity index (χ3v) is 3.73. The molecule has 2 rings (SSSR count). The third-order valence-electron chi connectivity index (χ3n) is 3.44. The number of anilines is 1. The molecule has 0 spiro atoms. The molecule has 1 saturated heterocycles. The first-order valence-electron chi connectivity index (χ1n) is 6.12. The van der Waals surface area contributed by atoms with Crippen LogP contribution >= 0.6 is 11.6 Å².